The summed E-state index contributed by atoms with van der Waals surface area (Å²) in [5.41, 5.74) is 2.54. The normalized spacial score (nSPS) is 15.8. The summed E-state index contributed by atoms with van der Waals surface area (Å²) in [6.45, 7) is 1.97. The third-order valence-corrected chi connectivity index (χ3v) is 4.97. The van der Waals surface area contributed by atoms with Crippen molar-refractivity contribution < 1.29 is 19.1 Å². The van der Waals surface area contributed by atoms with Crippen molar-refractivity contribution in [3.63, 3.8) is 0 Å². The molecule has 0 radical (unpaired) electrons. The Bertz CT molecular complexity index is 882. The first-order chi connectivity index (χ1) is 12.1. The number of methoxy groups -OCH3 is 2. The van der Waals surface area contributed by atoms with Crippen molar-refractivity contribution >= 4 is 17.3 Å². The first-order valence-electron chi connectivity index (χ1n) is 8.38. The zero-order valence-electron chi connectivity index (χ0n) is 14.3. The van der Waals surface area contributed by atoms with Crippen LogP contribution >= 0.6 is 0 Å². The summed E-state index contributed by atoms with van der Waals surface area (Å²) < 4.78 is 10.6. The van der Waals surface area contributed by atoms with Crippen LogP contribution in [0.4, 0.5) is 5.69 Å². The number of fused-ring (bicyclic) bond motifs is 2. The maximum absolute atomic E-state index is 13.1. The van der Waals surface area contributed by atoms with E-state index in [1.165, 1.54) is 14.2 Å². The Morgan fingerprint density at radius 1 is 0.840 bits per heavy atom. The van der Waals surface area contributed by atoms with Gasteiger partial charge < -0.3 is 14.4 Å². The molecule has 1 heterocycles. The van der Waals surface area contributed by atoms with Crippen LogP contribution in [-0.2, 0) is 0 Å². The van der Waals surface area contributed by atoms with E-state index in [0.717, 1.165) is 31.6 Å². The number of rotatable bonds is 3. The fraction of sp³-hybridized carbons (Fsp3) is 0.300. The lowest BCUT2D eigenvalue weighted by Gasteiger charge is -2.23. The Morgan fingerprint density at radius 2 is 1.60 bits per heavy atom. The minimum atomic E-state index is -0.183. The van der Waals surface area contributed by atoms with Gasteiger partial charge in [0.05, 0.1) is 19.8 Å². The van der Waals surface area contributed by atoms with Crippen LogP contribution in [0.1, 0.15) is 44.7 Å². The summed E-state index contributed by atoms with van der Waals surface area (Å²) in [6.07, 6.45) is 2.31. The van der Waals surface area contributed by atoms with Gasteiger partial charge in [-0.05, 0) is 37.1 Å². The summed E-state index contributed by atoms with van der Waals surface area (Å²) in [5.74, 6) is 0.512. The molecular weight excluding hydrogens is 318 g/mol. The molecule has 0 aromatic heterocycles. The molecule has 1 aliphatic carbocycles. The molecule has 1 fully saturated rings. The molecule has 4 rings (SSSR count). The number of carbonyl (C=O) groups is 2. The Morgan fingerprint density at radius 3 is 2.28 bits per heavy atom. The smallest absolute Gasteiger partial charge is 0.198 e. The summed E-state index contributed by atoms with van der Waals surface area (Å²) in [7, 11) is 3.01. The van der Waals surface area contributed by atoms with Crippen molar-refractivity contribution in [2.45, 2.75) is 12.8 Å². The van der Waals surface area contributed by atoms with E-state index in [1.807, 2.05) is 12.1 Å². The van der Waals surface area contributed by atoms with Gasteiger partial charge in [-0.25, -0.2) is 0 Å². The zero-order valence-corrected chi connectivity index (χ0v) is 14.3. The van der Waals surface area contributed by atoms with Crippen LogP contribution in [0.15, 0.2) is 30.3 Å². The molecule has 25 heavy (non-hydrogen) atoms. The number of ether oxygens (including phenoxy) is 2. The van der Waals surface area contributed by atoms with Gasteiger partial charge in [-0.2, -0.15) is 0 Å². The molecule has 2 aromatic rings. The molecule has 0 unspecified atom stereocenters. The monoisotopic (exact) mass is 337 g/mol. The van der Waals surface area contributed by atoms with Gasteiger partial charge in [0.25, 0.3) is 0 Å². The molecule has 128 valence electrons. The predicted octanol–water partition coefficient (Wildman–Crippen LogP) is 3.08. The minimum Gasteiger partial charge on any atom is -0.497 e. The standard InChI is InChI=1S/C20H19NO4/c1-24-13-10-16-18(17(11-13)25-2)20(23)14-6-5-12(9-15(14)19(16)22)21-7-3-4-8-21/h5-6,9-11H,3-4,7-8H2,1-2H3. The lowest BCUT2D eigenvalue weighted by atomic mass is 9.83. The Balaban J connectivity index is 1.87. The van der Waals surface area contributed by atoms with Gasteiger partial charge >= 0.3 is 0 Å². The van der Waals surface area contributed by atoms with Crippen molar-refractivity contribution in [2.24, 2.45) is 0 Å². The van der Waals surface area contributed by atoms with Crippen LogP contribution in [0.3, 0.4) is 0 Å². The van der Waals surface area contributed by atoms with Gasteiger partial charge in [0.15, 0.2) is 11.6 Å². The van der Waals surface area contributed by atoms with Crippen LogP contribution in [0.25, 0.3) is 0 Å². The quantitative estimate of drug-likeness (QED) is 0.735. The topological polar surface area (TPSA) is 55.8 Å². The number of hydrogen-bond donors (Lipinski definition) is 0. The predicted molar refractivity (Wildman–Crippen MR) is 94.3 cm³/mol. The second kappa shape index (κ2) is 5.92. The fourth-order valence-electron chi connectivity index (χ4n) is 3.65. The number of ketones is 2. The molecular formula is C20H19NO4. The SMILES string of the molecule is COc1cc(OC)c2c(c1)C(=O)c1cc(N3CCCC3)ccc1C2=O. The third kappa shape index (κ3) is 2.38. The summed E-state index contributed by atoms with van der Waals surface area (Å²) in [6, 6.07) is 8.78. The zero-order chi connectivity index (χ0) is 17.6. The van der Waals surface area contributed by atoms with Crippen LogP contribution < -0.4 is 14.4 Å². The molecule has 0 spiro atoms. The Hall–Kier alpha value is -2.82. The van der Waals surface area contributed by atoms with Crippen LogP contribution in [-0.4, -0.2) is 38.9 Å². The number of anilines is 1. The number of carbonyl (C=O) groups excluding carboxylic acids is 2. The second-order valence-corrected chi connectivity index (χ2v) is 6.33. The Kier molecular flexibility index (Phi) is 3.71. The van der Waals surface area contributed by atoms with E-state index in [0.29, 0.717) is 33.8 Å². The molecule has 2 aliphatic rings. The molecule has 0 saturated carbocycles. The van der Waals surface area contributed by atoms with Gasteiger partial charge in [-0.15, -0.1) is 0 Å². The highest BCUT2D eigenvalue weighted by Gasteiger charge is 2.33. The van der Waals surface area contributed by atoms with Gasteiger partial charge in [0.2, 0.25) is 0 Å². The number of hydrogen-bond acceptors (Lipinski definition) is 5. The van der Waals surface area contributed by atoms with Gasteiger partial charge in [-0.3, -0.25) is 9.59 Å². The minimum absolute atomic E-state index is 0.164. The lowest BCUT2D eigenvalue weighted by molar-refractivity contribution is 0.0976. The molecule has 5 heteroatoms. The molecule has 0 amide bonds. The van der Waals surface area contributed by atoms with E-state index >= 15 is 0 Å². The maximum Gasteiger partial charge on any atom is 0.198 e. The maximum atomic E-state index is 13.1. The molecule has 1 aliphatic heterocycles. The summed E-state index contributed by atoms with van der Waals surface area (Å²) in [5, 5.41) is 0. The van der Waals surface area contributed by atoms with E-state index < -0.39 is 0 Å². The average Bonchev–Trinajstić information content (AvgIpc) is 3.19. The molecule has 1 saturated heterocycles. The van der Waals surface area contributed by atoms with E-state index in [9.17, 15) is 9.59 Å². The van der Waals surface area contributed by atoms with Crippen LogP contribution in [0, 0.1) is 0 Å². The summed E-state index contributed by atoms with van der Waals surface area (Å²) >= 11 is 0. The van der Waals surface area contributed by atoms with Crippen molar-refractivity contribution in [1.82, 2.24) is 0 Å². The molecule has 0 bridgehead atoms. The van der Waals surface area contributed by atoms with Gasteiger partial charge in [-0.1, -0.05) is 0 Å². The third-order valence-electron chi connectivity index (χ3n) is 4.97. The highest BCUT2D eigenvalue weighted by Crippen LogP contribution is 2.37. The van der Waals surface area contributed by atoms with E-state index in [1.54, 1.807) is 18.2 Å². The molecule has 0 atom stereocenters. The molecule has 5 nitrogen and oxygen atoms in total. The van der Waals surface area contributed by atoms with Crippen molar-refractivity contribution in [2.75, 3.05) is 32.2 Å². The second-order valence-electron chi connectivity index (χ2n) is 6.33. The van der Waals surface area contributed by atoms with Gasteiger partial charge in [0, 0.05) is 41.5 Å². The van der Waals surface area contributed by atoms with Gasteiger partial charge in [0.1, 0.15) is 11.5 Å². The first kappa shape index (κ1) is 15.7. The van der Waals surface area contributed by atoms with E-state index in [4.69, 9.17) is 9.47 Å². The van der Waals surface area contributed by atoms with E-state index in [2.05, 4.69) is 4.90 Å². The largest absolute Gasteiger partial charge is 0.497 e. The van der Waals surface area contributed by atoms with E-state index in [-0.39, 0.29) is 11.6 Å². The molecule has 2 aromatic carbocycles. The highest BCUT2D eigenvalue weighted by atomic mass is 16.5. The highest BCUT2D eigenvalue weighted by molar-refractivity contribution is 6.29. The number of nitrogens with zero attached hydrogens (tertiary/aromatic N) is 1. The number of benzene rings is 2. The molecule has 0 N–H and O–H groups in total. The average molecular weight is 337 g/mol. The lowest BCUT2D eigenvalue weighted by Crippen LogP contribution is -2.24. The Labute approximate surface area is 146 Å². The fourth-order valence-corrected chi connectivity index (χ4v) is 3.65. The van der Waals surface area contributed by atoms with Crippen molar-refractivity contribution in [1.29, 1.82) is 0 Å². The van der Waals surface area contributed by atoms with Crippen molar-refractivity contribution in [3.8, 4) is 11.5 Å². The first-order valence-corrected chi connectivity index (χ1v) is 8.38. The van der Waals surface area contributed by atoms with Crippen LogP contribution in [0.2, 0.25) is 0 Å². The summed E-state index contributed by atoms with van der Waals surface area (Å²) in [4.78, 5) is 28.3. The van der Waals surface area contributed by atoms with Crippen LogP contribution in [0.5, 0.6) is 11.5 Å². The van der Waals surface area contributed by atoms with Crippen molar-refractivity contribution in [3.05, 3.63) is 52.6 Å².